The minimum atomic E-state index is -4.62. The molecule has 9 heteroatoms. The number of hydrogen-bond acceptors (Lipinski definition) is 4. The smallest absolute Gasteiger partial charge is 0.416 e. The molecule has 0 fully saturated rings. The zero-order valence-corrected chi connectivity index (χ0v) is 13.4. The SMILES string of the molecule is CC(SCC(CC(=O)O)C(=O)c1cccc(C(F)(F)F)c1)C(=O)O. The number of carbonyl (C=O) groups is 3. The third-order valence-electron chi connectivity index (χ3n) is 3.16. The van der Waals surface area contributed by atoms with Gasteiger partial charge in [-0.2, -0.15) is 13.2 Å². The second kappa shape index (κ2) is 8.18. The molecule has 0 bridgehead atoms. The normalized spacial score (nSPS) is 14.0. The van der Waals surface area contributed by atoms with E-state index in [2.05, 4.69) is 0 Å². The predicted molar refractivity (Wildman–Crippen MR) is 81.1 cm³/mol. The van der Waals surface area contributed by atoms with Crippen molar-refractivity contribution < 1.29 is 37.8 Å². The molecule has 0 heterocycles. The molecule has 0 radical (unpaired) electrons. The number of thioether (sulfide) groups is 1. The summed E-state index contributed by atoms with van der Waals surface area (Å²) in [5.41, 5.74) is -1.26. The highest BCUT2D eigenvalue weighted by atomic mass is 32.2. The zero-order chi connectivity index (χ0) is 18.5. The molecule has 24 heavy (non-hydrogen) atoms. The molecular weight excluding hydrogens is 349 g/mol. The maximum atomic E-state index is 12.7. The number of halogens is 3. The van der Waals surface area contributed by atoms with Crippen LogP contribution in [0.3, 0.4) is 0 Å². The molecule has 0 amide bonds. The van der Waals surface area contributed by atoms with Gasteiger partial charge in [-0.25, -0.2) is 0 Å². The Kier molecular flexibility index (Phi) is 6.82. The Morgan fingerprint density at radius 1 is 1.21 bits per heavy atom. The van der Waals surface area contributed by atoms with Crippen LogP contribution in [0.1, 0.15) is 29.3 Å². The van der Waals surface area contributed by atoms with Gasteiger partial charge in [0.25, 0.3) is 0 Å². The topological polar surface area (TPSA) is 91.7 Å². The fourth-order valence-corrected chi connectivity index (χ4v) is 2.79. The van der Waals surface area contributed by atoms with Crippen LogP contribution in [0.4, 0.5) is 13.2 Å². The standard InChI is InChI=1S/C15H15F3O5S/c1-8(14(22)23)24-7-10(6-12(19)20)13(21)9-3-2-4-11(5-9)15(16,17)18/h2-5,8,10H,6-7H2,1H3,(H,19,20)(H,22,23). The molecule has 0 saturated heterocycles. The van der Waals surface area contributed by atoms with E-state index in [1.165, 1.54) is 13.0 Å². The van der Waals surface area contributed by atoms with Crippen molar-refractivity contribution in [3.8, 4) is 0 Å². The Morgan fingerprint density at radius 3 is 2.33 bits per heavy atom. The van der Waals surface area contributed by atoms with Crippen molar-refractivity contribution in [2.45, 2.75) is 24.8 Å². The van der Waals surface area contributed by atoms with Crippen LogP contribution in [-0.2, 0) is 15.8 Å². The monoisotopic (exact) mass is 364 g/mol. The number of carboxylic acid groups (broad SMARTS) is 2. The second-order valence-corrected chi connectivity index (χ2v) is 6.43. The first-order valence-electron chi connectivity index (χ1n) is 6.80. The number of rotatable bonds is 8. The van der Waals surface area contributed by atoms with Crippen LogP contribution < -0.4 is 0 Å². The molecule has 1 rings (SSSR count). The fraction of sp³-hybridized carbons (Fsp3) is 0.400. The molecule has 0 aliphatic rings. The highest BCUT2D eigenvalue weighted by Gasteiger charge is 2.32. The van der Waals surface area contributed by atoms with Crippen molar-refractivity contribution in [2.75, 3.05) is 5.75 Å². The first-order valence-corrected chi connectivity index (χ1v) is 7.85. The Hall–Kier alpha value is -2.03. The van der Waals surface area contributed by atoms with E-state index in [4.69, 9.17) is 10.2 Å². The number of carboxylic acids is 2. The van der Waals surface area contributed by atoms with Gasteiger partial charge < -0.3 is 10.2 Å². The number of benzene rings is 1. The van der Waals surface area contributed by atoms with Crippen molar-refractivity contribution in [2.24, 2.45) is 5.92 Å². The number of hydrogen-bond donors (Lipinski definition) is 2. The van der Waals surface area contributed by atoms with Crippen LogP contribution in [0.15, 0.2) is 24.3 Å². The minimum absolute atomic E-state index is 0.116. The van der Waals surface area contributed by atoms with Crippen LogP contribution in [0.5, 0.6) is 0 Å². The van der Waals surface area contributed by atoms with Gasteiger partial charge in [0.1, 0.15) is 0 Å². The lowest BCUT2D eigenvalue weighted by Crippen LogP contribution is -2.23. The average molecular weight is 364 g/mol. The third kappa shape index (κ3) is 5.88. The van der Waals surface area contributed by atoms with Gasteiger partial charge in [0.05, 0.1) is 17.2 Å². The van der Waals surface area contributed by atoms with Gasteiger partial charge in [-0.1, -0.05) is 12.1 Å². The first-order chi connectivity index (χ1) is 11.0. The summed E-state index contributed by atoms with van der Waals surface area (Å²) in [5, 5.41) is 16.8. The molecular formula is C15H15F3O5S. The number of Topliss-reactive ketones (excluding diaryl/α,β-unsaturated/α-hetero) is 1. The van der Waals surface area contributed by atoms with Gasteiger partial charge in [0.2, 0.25) is 0 Å². The summed E-state index contributed by atoms with van der Waals surface area (Å²) in [7, 11) is 0. The summed E-state index contributed by atoms with van der Waals surface area (Å²) >= 11 is 0.861. The molecule has 0 aliphatic heterocycles. The largest absolute Gasteiger partial charge is 0.481 e. The summed E-state index contributed by atoms with van der Waals surface area (Å²) in [6.07, 6.45) is -5.21. The van der Waals surface area contributed by atoms with Gasteiger partial charge in [-0.15, -0.1) is 11.8 Å². The third-order valence-corrected chi connectivity index (χ3v) is 4.46. The number of ketones is 1. The van der Waals surface area contributed by atoms with E-state index in [0.29, 0.717) is 6.07 Å². The van der Waals surface area contributed by atoms with E-state index in [1.807, 2.05) is 0 Å². The van der Waals surface area contributed by atoms with Crippen molar-refractivity contribution in [3.63, 3.8) is 0 Å². The van der Waals surface area contributed by atoms with Crippen molar-refractivity contribution in [3.05, 3.63) is 35.4 Å². The van der Waals surface area contributed by atoms with Crippen molar-refractivity contribution in [1.29, 1.82) is 0 Å². The van der Waals surface area contributed by atoms with E-state index in [1.54, 1.807) is 0 Å². The van der Waals surface area contributed by atoms with Gasteiger partial charge in [0, 0.05) is 17.2 Å². The minimum Gasteiger partial charge on any atom is -0.481 e. The fourth-order valence-electron chi connectivity index (χ4n) is 1.85. The maximum absolute atomic E-state index is 12.7. The molecule has 0 aromatic heterocycles. The Bertz CT molecular complexity index is 630. The highest BCUT2D eigenvalue weighted by Crippen LogP contribution is 2.30. The van der Waals surface area contributed by atoms with Crippen molar-refractivity contribution in [1.82, 2.24) is 0 Å². The quantitative estimate of drug-likeness (QED) is 0.689. The maximum Gasteiger partial charge on any atom is 0.416 e. The molecule has 2 N–H and O–H groups in total. The van der Waals surface area contributed by atoms with Gasteiger partial charge in [0.15, 0.2) is 5.78 Å². The van der Waals surface area contributed by atoms with E-state index < -0.39 is 47.1 Å². The predicted octanol–water partition coefficient (Wildman–Crippen LogP) is 3.19. The lowest BCUT2D eigenvalue weighted by molar-refractivity contribution is -0.138. The molecule has 5 nitrogen and oxygen atoms in total. The zero-order valence-electron chi connectivity index (χ0n) is 12.5. The lowest BCUT2D eigenvalue weighted by atomic mass is 9.95. The molecule has 0 spiro atoms. The van der Waals surface area contributed by atoms with Crippen LogP contribution in [0.25, 0.3) is 0 Å². The summed E-state index contributed by atoms with van der Waals surface area (Å²) in [5.74, 6) is -4.40. The Balaban J connectivity index is 2.99. The molecule has 0 saturated carbocycles. The van der Waals surface area contributed by atoms with Gasteiger partial charge >= 0.3 is 18.1 Å². The van der Waals surface area contributed by atoms with Gasteiger partial charge in [-0.3, -0.25) is 14.4 Å². The van der Waals surface area contributed by atoms with E-state index in [9.17, 15) is 27.6 Å². The summed E-state index contributed by atoms with van der Waals surface area (Å²) in [6.45, 7) is 1.37. The Morgan fingerprint density at radius 2 is 1.83 bits per heavy atom. The lowest BCUT2D eigenvalue weighted by Gasteiger charge is -2.16. The highest BCUT2D eigenvalue weighted by molar-refractivity contribution is 8.00. The molecule has 2 atom stereocenters. The second-order valence-electron chi connectivity index (χ2n) is 5.05. The summed E-state index contributed by atoms with van der Waals surface area (Å²) in [6, 6.07) is 3.73. The molecule has 0 aliphatic carbocycles. The summed E-state index contributed by atoms with van der Waals surface area (Å²) in [4.78, 5) is 34.0. The van der Waals surface area contributed by atoms with Crippen molar-refractivity contribution >= 4 is 29.5 Å². The number of alkyl halides is 3. The van der Waals surface area contributed by atoms with E-state index in [-0.39, 0.29) is 11.3 Å². The van der Waals surface area contributed by atoms with Crippen LogP contribution >= 0.6 is 11.8 Å². The molecule has 1 aromatic rings. The van der Waals surface area contributed by atoms with E-state index >= 15 is 0 Å². The van der Waals surface area contributed by atoms with Crippen LogP contribution in [0.2, 0.25) is 0 Å². The average Bonchev–Trinajstić information content (AvgIpc) is 2.49. The van der Waals surface area contributed by atoms with E-state index in [0.717, 1.165) is 23.9 Å². The molecule has 132 valence electrons. The summed E-state index contributed by atoms with van der Waals surface area (Å²) < 4.78 is 38.1. The molecule has 1 aromatic carbocycles. The van der Waals surface area contributed by atoms with Crippen LogP contribution in [-0.4, -0.2) is 38.9 Å². The van der Waals surface area contributed by atoms with Gasteiger partial charge in [-0.05, 0) is 19.1 Å². The number of aliphatic carboxylic acids is 2. The number of carbonyl (C=O) groups excluding carboxylic acids is 1. The van der Waals surface area contributed by atoms with Crippen LogP contribution in [0, 0.1) is 5.92 Å². The first kappa shape index (κ1) is 20.0. The molecule has 2 unspecified atom stereocenters. The Labute approximate surface area is 139 Å².